The molecule has 3 rings (SSSR count). The largest absolute Gasteiger partial charge is 0.206 e. The molecule has 106 valence electrons. The van der Waals surface area contributed by atoms with E-state index in [-0.39, 0.29) is 5.82 Å². The van der Waals surface area contributed by atoms with E-state index in [2.05, 4.69) is 41.1 Å². The van der Waals surface area contributed by atoms with Gasteiger partial charge in [-0.15, -0.1) is 11.6 Å². The number of alkyl halides is 1. The fourth-order valence-electron chi connectivity index (χ4n) is 2.58. The van der Waals surface area contributed by atoms with Gasteiger partial charge in [-0.3, -0.25) is 0 Å². The summed E-state index contributed by atoms with van der Waals surface area (Å²) in [6.45, 7) is 2.08. The van der Waals surface area contributed by atoms with Crippen LogP contribution in [0.3, 0.4) is 0 Å². The van der Waals surface area contributed by atoms with E-state index in [0.717, 1.165) is 16.5 Å². The van der Waals surface area contributed by atoms with Crippen LogP contribution < -0.4 is 0 Å². The summed E-state index contributed by atoms with van der Waals surface area (Å²) in [7, 11) is 0. The van der Waals surface area contributed by atoms with E-state index in [0.29, 0.717) is 4.47 Å². The predicted octanol–water partition coefficient (Wildman–Crippen LogP) is 6.38. The Morgan fingerprint density at radius 1 is 0.905 bits per heavy atom. The highest BCUT2D eigenvalue weighted by Gasteiger charge is 2.18. The molecule has 0 spiro atoms. The number of halogens is 3. The Hall–Kier alpha value is -1.38. The zero-order valence-electron chi connectivity index (χ0n) is 11.4. The van der Waals surface area contributed by atoms with E-state index < -0.39 is 5.38 Å². The molecule has 21 heavy (non-hydrogen) atoms. The Labute approximate surface area is 136 Å². The molecule has 0 fully saturated rings. The third kappa shape index (κ3) is 2.58. The van der Waals surface area contributed by atoms with E-state index in [1.54, 1.807) is 6.07 Å². The topological polar surface area (TPSA) is 0 Å². The summed E-state index contributed by atoms with van der Waals surface area (Å²) in [5.41, 5.74) is 2.94. The number of rotatable bonds is 2. The number of benzene rings is 3. The van der Waals surface area contributed by atoms with Crippen molar-refractivity contribution in [3.05, 3.63) is 81.6 Å². The molecule has 3 aromatic carbocycles. The van der Waals surface area contributed by atoms with Gasteiger partial charge in [0.15, 0.2) is 0 Å². The first-order valence-electron chi connectivity index (χ1n) is 6.66. The highest BCUT2D eigenvalue weighted by atomic mass is 79.9. The normalized spacial score (nSPS) is 12.6. The van der Waals surface area contributed by atoms with Crippen molar-refractivity contribution in [2.75, 3.05) is 0 Å². The summed E-state index contributed by atoms with van der Waals surface area (Å²) in [5.74, 6) is -0.297. The van der Waals surface area contributed by atoms with Gasteiger partial charge in [-0.1, -0.05) is 48.5 Å². The zero-order chi connectivity index (χ0) is 15.0. The maximum atomic E-state index is 13.7. The molecule has 0 heterocycles. The molecule has 0 aliphatic heterocycles. The first-order valence-corrected chi connectivity index (χ1v) is 7.89. The third-order valence-electron chi connectivity index (χ3n) is 3.70. The lowest BCUT2D eigenvalue weighted by molar-refractivity contribution is 0.618. The Kier molecular flexibility index (Phi) is 4.01. The zero-order valence-corrected chi connectivity index (χ0v) is 13.7. The van der Waals surface area contributed by atoms with Crippen LogP contribution in [-0.2, 0) is 0 Å². The van der Waals surface area contributed by atoms with Gasteiger partial charge in [0.25, 0.3) is 0 Å². The van der Waals surface area contributed by atoms with Crippen molar-refractivity contribution in [2.24, 2.45) is 0 Å². The van der Waals surface area contributed by atoms with Gasteiger partial charge < -0.3 is 0 Å². The highest BCUT2D eigenvalue weighted by Crippen LogP contribution is 2.38. The Morgan fingerprint density at radius 3 is 2.38 bits per heavy atom. The molecule has 0 bridgehead atoms. The van der Waals surface area contributed by atoms with Crippen molar-refractivity contribution in [1.29, 1.82) is 0 Å². The maximum Gasteiger partial charge on any atom is 0.137 e. The van der Waals surface area contributed by atoms with Crippen molar-refractivity contribution in [3.8, 4) is 0 Å². The molecule has 0 saturated carbocycles. The van der Waals surface area contributed by atoms with E-state index in [1.165, 1.54) is 17.0 Å². The molecule has 3 aromatic rings. The van der Waals surface area contributed by atoms with E-state index in [1.807, 2.05) is 24.3 Å². The summed E-state index contributed by atoms with van der Waals surface area (Å²) in [4.78, 5) is 0. The van der Waals surface area contributed by atoms with Gasteiger partial charge >= 0.3 is 0 Å². The minimum atomic E-state index is -0.402. The lowest BCUT2D eigenvalue weighted by Crippen LogP contribution is -1.98. The van der Waals surface area contributed by atoms with Crippen molar-refractivity contribution < 1.29 is 4.39 Å². The van der Waals surface area contributed by atoms with Crippen LogP contribution in [0.4, 0.5) is 4.39 Å². The van der Waals surface area contributed by atoms with E-state index >= 15 is 0 Å². The third-order valence-corrected chi connectivity index (χ3v) is 5.01. The number of hydrogen-bond donors (Lipinski definition) is 0. The molecular weight excluding hydrogens is 351 g/mol. The quantitative estimate of drug-likeness (QED) is 0.463. The number of hydrogen-bond acceptors (Lipinski definition) is 0. The number of aryl methyl sites for hydroxylation is 1. The monoisotopic (exact) mass is 362 g/mol. The first kappa shape index (κ1) is 14.6. The maximum absolute atomic E-state index is 13.7. The first-order chi connectivity index (χ1) is 10.1. The predicted molar refractivity (Wildman–Crippen MR) is 90.5 cm³/mol. The highest BCUT2D eigenvalue weighted by molar-refractivity contribution is 9.10. The minimum absolute atomic E-state index is 0.297. The van der Waals surface area contributed by atoms with Crippen LogP contribution in [-0.4, -0.2) is 0 Å². The van der Waals surface area contributed by atoms with Gasteiger partial charge in [0.05, 0.1) is 9.85 Å². The molecule has 0 radical (unpaired) electrons. The van der Waals surface area contributed by atoms with Crippen LogP contribution >= 0.6 is 27.5 Å². The second-order valence-electron chi connectivity index (χ2n) is 5.02. The summed E-state index contributed by atoms with van der Waals surface area (Å²) in [5, 5.41) is 1.88. The van der Waals surface area contributed by atoms with E-state index in [4.69, 9.17) is 11.6 Å². The van der Waals surface area contributed by atoms with Crippen LogP contribution in [0.25, 0.3) is 10.8 Å². The Balaban J connectivity index is 2.21. The van der Waals surface area contributed by atoms with Crippen molar-refractivity contribution >= 4 is 38.3 Å². The molecular formula is C18H13BrClF. The van der Waals surface area contributed by atoms with Crippen molar-refractivity contribution in [2.45, 2.75) is 12.3 Å². The minimum Gasteiger partial charge on any atom is -0.206 e. The summed E-state index contributed by atoms with van der Waals surface area (Å²) in [6, 6.07) is 17.2. The summed E-state index contributed by atoms with van der Waals surface area (Å²) >= 11 is 9.94. The molecule has 0 aliphatic rings. The van der Waals surface area contributed by atoms with Gasteiger partial charge in [-0.05, 0) is 56.4 Å². The fourth-order valence-corrected chi connectivity index (χ4v) is 3.57. The van der Waals surface area contributed by atoms with Gasteiger partial charge in [0, 0.05) is 0 Å². The van der Waals surface area contributed by atoms with Crippen LogP contribution in [0.2, 0.25) is 0 Å². The molecule has 0 amide bonds. The van der Waals surface area contributed by atoms with Gasteiger partial charge in [0.1, 0.15) is 5.82 Å². The van der Waals surface area contributed by atoms with Gasteiger partial charge in [-0.25, -0.2) is 4.39 Å². The molecule has 0 nitrogen and oxygen atoms in total. The molecule has 0 N–H and O–H groups in total. The van der Waals surface area contributed by atoms with Gasteiger partial charge in [-0.2, -0.15) is 0 Å². The Bertz CT molecular complexity index is 813. The van der Waals surface area contributed by atoms with E-state index in [9.17, 15) is 4.39 Å². The summed E-state index contributed by atoms with van der Waals surface area (Å²) < 4.78 is 14.2. The average Bonchev–Trinajstić information content (AvgIpc) is 2.50. The van der Waals surface area contributed by atoms with Crippen molar-refractivity contribution in [3.63, 3.8) is 0 Å². The average molecular weight is 364 g/mol. The molecule has 1 atom stereocenters. The molecule has 1 unspecified atom stereocenters. The molecule has 3 heteroatoms. The van der Waals surface area contributed by atoms with Crippen LogP contribution in [0.5, 0.6) is 0 Å². The summed E-state index contributed by atoms with van der Waals surface area (Å²) in [6.07, 6.45) is 0. The lowest BCUT2D eigenvalue weighted by atomic mass is 9.95. The molecule has 0 saturated heterocycles. The van der Waals surface area contributed by atoms with Crippen LogP contribution in [0, 0.1) is 12.7 Å². The number of fused-ring (bicyclic) bond motifs is 1. The second kappa shape index (κ2) is 5.78. The standard InChI is InChI=1S/C18H13BrClF/c1-11-9-10-14(13-6-3-2-5-12(11)13)18(20)15-7-4-8-16(21)17(15)19/h2-10,18H,1H3. The molecule has 0 aromatic heterocycles. The van der Waals surface area contributed by atoms with Gasteiger partial charge in [0.2, 0.25) is 0 Å². The molecule has 0 aliphatic carbocycles. The Morgan fingerprint density at radius 2 is 1.62 bits per heavy atom. The SMILES string of the molecule is Cc1ccc(C(Cl)c2cccc(F)c2Br)c2ccccc12. The van der Waals surface area contributed by atoms with Crippen LogP contribution in [0.1, 0.15) is 22.1 Å². The lowest BCUT2D eigenvalue weighted by Gasteiger charge is -2.16. The smallest absolute Gasteiger partial charge is 0.137 e. The fraction of sp³-hybridized carbons (Fsp3) is 0.111. The van der Waals surface area contributed by atoms with Crippen LogP contribution in [0.15, 0.2) is 59.1 Å². The van der Waals surface area contributed by atoms with Crippen molar-refractivity contribution in [1.82, 2.24) is 0 Å². The second-order valence-corrected chi connectivity index (χ2v) is 6.25.